The molecule has 7 heteroatoms. The summed E-state index contributed by atoms with van der Waals surface area (Å²) in [6.07, 6.45) is -4.80. The third-order valence-corrected chi connectivity index (χ3v) is 3.59. The van der Waals surface area contributed by atoms with Crippen LogP contribution in [0.3, 0.4) is 0 Å². The summed E-state index contributed by atoms with van der Waals surface area (Å²) >= 11 is 0. The van der Waals surface area contributed by atoms with Crippen molar-refractivity contribution in [2.24, 2.45) is 0 Å². The first-order valence-corrected chi connectivity index (χ1v) is 6.91. The quantitative estimate of drug-likeness (QED) is 0.908. The highest BCUT2D eigenvalue weighted by atomic mass is 16.7. The van der Waals surface area contributed by atoms with Gasteiger partial charge >= 0.3 is 12.1 Å². The van der Waals surface area contributed by atoms with Gasteiger partial charge in [0, 0.05) is 9.16 Å². The van der Waals surface area contributed by atoms with Gasteiger partial charge in [-0.15, -0.1) is 0 Å². The van der Waals surface area contributed by atoms with Crippen LogP contribution in [0.2, 0.25) is 0 Å². The largest absolute Gasteiger partial charge is 0.480 e. The summed E-state index contributed by atoms with van der Waals surface area (Å²) in [4.78, 5) is 24.9. The molecule has 1 amide bonds. The number of amides is 1. The third-order valence-electron chi connectivity index (χ3n) is 3.59. The van der Waals surface area contributed by atoms with Crippen molar-refractivity contribution in [2.75, 3.05) is 19.7 Å². The van der Waals surface area contributed by atoms with Gasteiger partial charge in [0.2, 0.25) is 0 Å². The monoisotopic (exact) mass is 327 g/mol. The van der Waals surface area contributed by atoms with Crippen LogP contribution < -0.4 is 0 Å². The van der Waals surface area contributed by atoms with Crippen LogP contribution in [-0.2, 0) is 25.6 Å². The molecule has 0 radical (unpaired) electrons. The van der Waals surface area contributed by atoms with Gasteiger partial charge < -0.3 is 19.3 Å². The van der Waals surface area contributed by atoms with Gasteiger partial charge in [-0.25, -0.2) is 9.59 Å². The molecule has 0 bridgehead atoms. The molecular formula is C16H19NO6. The van der Waals surface area contributed by atoms with Crippen molar-refractivity contribution in [3.05, 3.63) is 35.9 Å². The first-order chi connectivity index (χ1) is 13.3. The van der Waals surface area contributed by atoms with E-state index in [2.05, 4.69) is 0 Å². The number of ether oxygens (including phenoxy) is 3. The van der Waals surface area contributed by atoms with Crippen LogP contribution in [0, 0.1) is 0 Å². The maximum Gasteiger partial charge on any atom is 0.411 e. The Morgan fingerprint density at radius 1 is 1.35 bits per heavy atom. The number of carbonyl (C=O) groups excluding carboxylic acids is 1. The summed E-state index contributed by atoms with van der Waals surface area (Å²) in [5, 5.41) is 9.47. The molecule has 3 rings (SSSR count). The van der Waals surface area contributed by atoms with Crippen LogP contribution >= 0.6 is 0 Å². The molecule has 0 aromatic heterocycles. The van der Waals surface area contributed by atoms with Gasteiger partial charge in [-0.3, -0.25) is 4.90 Å². The predicted octanol–water partition coefficient (Wildman–Crippen LogP) is 1.62. The molecule has 1 spiro atoms. The van der Waals surface area contributed by atoms with Crippen LogP contribution in [0.4, 0.5) is 4.79 Å². The Labute approximate surface area is 142 Å². The van der Waals surface area contributed by atoms with E-state index in [1.807, 2.05) is 0 Å². The number of likely N-dealkylation sites (tertiary alicyclic amines) is 1. The molecule has 1 aromatic carbocycles. The summed E-state index contributed by atoms with van der Waals surface area (Å²) in [5.74, 6) is -3.63. The molecule has 0 saturated carbocycles. The minimum Gasteiger partial charge on any atom is -0.480 e. The first kappa shape index (κ1) is 9.89. The topological polar surface area (TPSA) is 85.3 Å². The van der Waals surface area contributed by atoms with Crippen LogP contribution in [0.25, 0.3) is 0 Å². The van der Waals surface area contributed by atoms with E-state index in [0.29, 0.717) is 5.56 Å². The second kappa shape index (κ2) is 6.55. The second-order valence-corrected chi connectivity index (χ2v) is 5.17. The maximum absolute atomic E-state index is 12.5. The standard InChI is InChI=1S/C16H19NO6/c18-14(19)13-9-16(22-7-4-8-23-16)11-17(13)15(20)21-10-12-5-2-1-3-6-12/h1-3,5-6,13H,4,7-11H2,(H,18,19)/t13-/m0/s1/i4D2,7D2,8D2. The molecule has 1 atom stereocenters. The fourth-order valence-electron chi connectivity index (χ4n) is 2.48. The van der Waals surface area contributed by atoms with Crippen LogP contribution in [0.5, 0.6) is 0 Å². The van der Waals surface area contributed by atoms with E-state index >= 15 is 0 Å². The van der Waals surface area contributed by atoms with Crippen molar-refractivity contribution in [2.45, 2.75) is 31.2 Å². The lowest BCUT2D eigenvalue weighted by molar-refractivity contribution is -0.257. The SMILES string of the molecule is [2H]C1([2H])OC2(C[C@@H](C(=O)O)N(C(=O)OCc3ccccc3)C2)OC([2H])([2H])C1([2H])[2H]. The number of carboxylic acid groups (broad SMARTS) is 1. The number of nitrogens with zero attached hydrogens (tertiary/aromatic N) is 1. The molecule has 2 fully saturated rings. The number of aliphatic carboxylic acids is 1. The molecule has 2 aliphatic rings. The number of carboxylic acids is 1. The van der Waals surface area contributed by atoms with Crippen molar-refractivity contribution in [1.29, 1.82) is 0 Å². The molecule has 2 heterocycles. The second-order valence-electron chi connectivity index (χ2n) is 5.17. The van der Waals surface area contributed by atoms with Crippen LogP contribution in [0.1, 0.15) is 26.6 Å². The van der Waals surface area contributed by atoms with Crippen LogP contribution in [0.15, 0.2) is 30.3 Å². The van der Waals surface area contributed by atoms with E-state index < -0.39 is 56.3 Å². The van der Waals surface area contributed by atoms with E-state index in [9.17, 15) is 14.7 Å². The molecule has 2 saturated heterocycles. The van der Waals surface area contributed by atoms with Gasteiger partial charge in [-0.1, -0.05) is 30.3 Å². The van der Waals surface area contributed by atoms with E-state index in [-0.39, 0.29) is 6.61 Å². The number of benzene rings is 1. The van der Waals surface area contributed by atoms with E-state index in [1.54, 1.807) is 30.3 Å². The van der Waals surface area contributed by atoms with Crippen molar-refractivity contribution in [3.63, 3.8) is 0 Å². The van der Waals surface area contributed by atoms with Gasteiger partial charge in [0.25, 0.3) is 0 Å². The van der Waals surface area contributed by atoms with Crippen molar-refractivity contribution in [3.8, 4) is 0 Å². The Balaban J connectivity index is 1.82. The first-order valence-electron chi connectivity index (χ1n) is 9.91. The van der Waals surface area contributed by atoms with Gasteiger partial charge in [0.05, 0.1) is 25.1 Å². The van der Waals surface area contributed by atoms with E-state index in [0.717, 1.165) is 4.90 Å². The summed E-state index contributed by atoms with van der Waals surface area (Å²) < 4.78 is 61.7. The maximum atomic E-state index is 12.5. The number of carbonyl (C=O) groups is 2. The summed E-state index contributed by atoms with van der Waals surface area (Å²) in [6.45, 7) is -7.06. The Hall–Kier alpha value is -2.12. The normalized spacial score (nSPS) is 33.4. The van der Waals surface area contributed by atoms with Gasteiger partial charge in [-0.2, -0.15) is 0 Å². The smallest absolute Gasteiger partial charge is 0.411 e. The summed E-state index contributed by atoms with van der Waals surface area (Å²) in [5.41, 5.74) is 0.660. The minimum atomic E-state index is -3.18. The zero-order valence-corrected chi connectivity index (χ0v) is 12.0. The van der Waals surface area contributed by atoms with E-state index in [1.165, 1.54) is 0 Å². The Morgan fingerprint density at radius 2 is 2.04 bits per heavy atom. The average Bonchev–Trinajstić information content (AvgIpc) is 2.97. The number of hydrogen-bond acceptors (Lipinski definition) is 5. The molecular weight excluding hydrogens is 302 g/mol. The minimum absolute atomic E-state index is 0.137. The highest BCUT2D eigenvalue weighted by molar-refractivity contribution is 5.81. The zero-order valence-electron chi connectivity index (χ0n) is 18.0. The van der Waals surface area contributed by atoms with Crippen LogP contribution in [-0.4, -0.2) is 53.6 Å². The fraction of sp³-hybridized carbons (Fsp3) is 0.500. The molecule has 1 N–H and O–H groups in total. The van der Waals surface area contributed by atoms with E-state index in [4.69, 9.17) is 22.4 Å². The molecule has 0 aliphatic carbocycles. The molecule has 0 unspecified atom stereocenters. The Kier molecular flexibility index (Phi) is 2.82. The molecule has 7 nitrogen and oxygen atoms in total. The molecule has 2 aliphatic heterocycles. The Bertz CT molecular complexity index is 784. The molecule has 23 heavy (non-hydrogen) atoms. The third kappa shape index (κ3) is 3.46. The van der Waals surface area contributed by atoms with Gasteiger partial charge in [-0.05, 0) is 11.9 Å². The summed E-state index contributed by atoms with van der Waals surface area (Å²) in [6, 6.07) is 7.10. The fourth-order valence-corrected chi connectivity index (χ4v) is 2.48. The lowest BCUT2D eigenvalue weighted by Crippen LogP contribution is -2.44. The predicted molar refractivity (Wildman–Crippen MR) is 78.6 cm³/mol. The Morgan fingerprint density at radius 3 is 2.70 bits per heavy atom. The zero-order chi connectivity index (χ0) is 21.7. The molecule has 1 aromatic rings. The lowest BCUT2D eigenvalue weighted by Gasteiger charge is -2.33. The summed E-state index contributed by atoms with van der Waals surface area (Å²) in [7, 11) is 0. The lowest BCUT2D eigenvalue weighted by atomic mass is 10.1. The van der Waals surface area contributed by atoms with Gasteiger partial charge in [0.1, 0.15) is 12.6 Å². The number of rotatable bonds is 3. The highest BCUT2D eigenvalue weighted by Gasteiger charge is 2.52. The van der Waals surface area contributed by atoms with Crippen molar-refractivity contribution >= 4 is 12.1 Å². The highest BCUT2D eigenvalue weighted by Crippen LogP contribution is 2.34. The average molecular weight is 327 g/mol. The van der Waals surface area contributed by atoms with Crippen molar-refractivity contribution in [1.82, 2.24) is 4.90 Å². The van der Waals surface area contributed by atoms with Gasteiger partial charge in [0.15, 0.2) is 5.79 Å². The number of hydrogen-bond donors (Lipinski definition) is 1. The van der Waals surface area contributed by atoms with Crippen molar-refractivity contribution < 1.29 is 37.1 Å². The molecule has 124 valence electrons.